The molecule has 7 nitrogen and oxygen atoms in total. The zero-order valence-electron chi connectivity index (χ0n) is 19.5. The number of hydrogen-bond donors (Lipinski definition) is 1. The fourth-order valence-electron chi connectivity index (χ4n) is 5.48. The van der Waals surface area contributed by atoms with Gasteiger partial charge in [0.25, 0.3) is 5.91 Å². The van der Waals surface area contributed by atoms with Gasteiger partial charge in [-0.2, -0.15) is 0 Å². The summed E-state index contributed by atoms with van der Waals surface area (Å²) in [5, 5.41) is 3.54. The smallest absolute Gasteiger partial charge is 0.328 e. The average Bonchev–Trinajstić information content (AvgIpc) is 3.14. The van der Waals surface area contributed by atoms with E-state index in [-0.39, 0.29) is 18.7 Å². The van der Waals surface area contributed by atoms with Crippen LogP contribution < -0.4 is 10.2 Å². The summed E-state index contributed by atoms with van der Waals surface area (Å²) in [5.74, 6) is -0.368. The first-order chi connectivity index (χ1) is 15.7. The van der Waals surface area contributed by atoms with Gasteiger partial charge in [0.15, 0.2) is 0 Å². The number of anilines is 1. The fraction of sp³-hybridized carbons (Fsp3) is 0.440. The second-order valence-corrected chi connectivity index (χ2v) is 9.64. The van der Waals surface area contributed by atoms with Gasteiger partial charge in [0, 0.05) is 31.4 Å². The second-order valence-electron chi connectivity index (χ2n) is 9.64. The molecule has 4 unspecified atom stereocenters. The van der Waals surface area contributed by atoms with Crippen molar-refractivity contribution in [2.45, 2.75) is 45.8 Å². The van der Waals surface area contributed by atoms with Gasteiger partial charge in [0.1, 0.15) is 24.3 Å². The number of amides is 3. The third-order valence-electron chi connectivity index (χ3n) is 6.91. The molecule has 3 aliphatic rings. The van der Waals surface area contributed by atoms with E-state index >= 15 is 0 Å². The molecule has 3 amide bonds. The lowest BCUT2D eigenvalue weighted by molar-refractivity contribution is -0.139. The van der Waals surface area contributed by atoms with E-state index in [1.807, 2.05) is 0 Å². The van der Waals surface area contributed by atoms with Gasteiger partial charge in [-0.1, -0.05) is 31.2 Å². The Balaban J connectivity index is 1.48. The molecule has 8 heteroatoms. The molecule has 0 bridgehead atoms. The summed E-state index contributed by atoms with van der Waals surface area (Å²) in [5.41, 5.74) is 3.80. The number of rotatable bonds is 3. The molecule has 0 saturated carbocycles. The van der Waals surface area contributed by atoms with Crippen molar-refractivity contribution in [3.05, 3.63) is 65.0 Å². The summed E-state index contributed by atoms with van der Waals surface area (Å²) in [4.78, 5) is 34.0. The van der Waals surface area contributed by atoms with Gasteiger partial charge < -0.3 is 9.80 Å². The SMILES string of the molecule is Cc1cc(C)cc(N2CC(C)CN3C4C(=O)N(Cc5ccccc5F)C(=O)N(C)C4NC23)c1. The maximum absolute atomic E-state index is 14.3. The highest BCUT2D eigenvalue weighted by atomic mass is 19.1. The number of benzene rings is 2. The molecule has 3 aliphatic heterocycles. The Hall–Kier alpha value is -2.97. The zero-order chi connectivity index (χ0) is 23.4. The maximum atomic E-state index is 14.3. The fourth-order valence-corrected chi connectivity index (χ4v) is 5.48. The topological polar surface area (TPSA) is 59.1 Å². The van der Waals surface area contributed by atoms with Crippen molar-refractivity contribution < 1.29 is 14.0 Å². The molecule has 0 aliphatic carbocycles. The van der Waals surface area contributed by atoms with Crippen molar-refractivity contribution in [3.8, 4) is 0 Å². The number of halogens is 1. The van der Waals surface area contributed by atoms with E-state index in [4.69, 9.17) is 0 Å². The van der Waals surface area contributed by atoms with E-state index in [2.05, 4.69) is 54.1 Å². The van der Waals surface area contributed by atoms with Gasteiger partial charge >= 0.3 is 6.03 Å². The second kappa shape index (κ2) is 8.11. The molecule has 2 aromatic carbocycles. The predicted molar refractivity (Wildman–Crippen MR) is 124 cm³/mol. The molecular formula is C25H30FN5O2. The number of nitrogens with one attached hydrogen (secondary N) is 1. The third kappa shape index (κ3) is 3.67. The van der Waals surface area contributed by atoms with Crippen LogP contribution in [0, 0.1) is 25.6 Å². The molecule has 2 aromatic rings. The van der Waals surface area contributed by atoms with Crippen LogP contribution in [0.25, 0.3) is 0 Å². The number of nitrogens with zero attached hydrogens (tertiary/aromatic N) is 4. The summed E-state index contributed by atoms with van der Waals surface area (Å²) in [6, 6.07) is 11.8. The summed E-state index contributed by atoms with van der Waals surface area (Å²) in [6.07, 6.45) is -0.643. The number of urea groups is 1. The Morgan fingerprint density at radius 2 is 1.76 bits per heavy atom. The van der Waals surface area contributed by atoms with E-state index < -0.39 is 24.1 Å². The number of aryl methyl sites for hydroxylation is 2. The van der Waals surface area contributed by atoms with Crippen LogP contribution in [0.15, 0.2) is 42.5 Å². The molecule has 5 rings (SSSR count). The highest BCUT2D eigenvalue weighted by Gasteiger charge is 2.56. The van der Waals surface area contributed by atoms with Gasteiger partial charge in [-0.25, -0.2) is 9.18 Å². The minimum Gasteiger partial charge on any atom is -0.343 e. The highest BCUT2D eigenvalue weighted by Crippen LogP contribution is 2.35. The molecule has 3 heterocycles. The Labute approximate surface area is 193 Å². The number of hydrogen-bond acceptors (Lipinski definition) is 5. The zero-order valence-corrected chi connectivity index (χ0v) is 19.5. The molecule has 0 aromatic heterocycles. The van der Waals surface area contributed by atoms with E-state index in [0.29, 0.717) is 11.5 Å². The predicted octanol–water partition coefficient (Wildman–Crippen LogP) is 2.88. The lowest BCUT2D eigenvalue weighted by Gasteiger charge is -2.46. The van der Waals surface area contributed by atoms with Crippen molar-refractivity contribution in [1.29, 1.82) is 0 Å². The van der Waals surface area contributed by atoms with Crippen molar-refractivity contribution in [3.63, 3.8) is 0 Å². The average molecular weight is 452 g/mol. The molecule has 0 spiro atoms. The molecule has 3 fully saturated rings. The number of carbonyl (C=O) groups excluding carboxylic acids is 2. The number of imide groups is 1. The van der Waals surface area contributed by atoms with Crippen LogP contribution >= 0.6 is 0 Å². The normalized spacial score (nSPS) is 27.7. The monoisotopic (exact) mass is 451 g/mol. The van der Waals surface area contributed by atoms with Crippen LogP contribution in [0.5, 0.6) is 0 Å². The van der Waals surface area contributed by atoms with Crippen molar-refractivity contribution >= 4 is 17.6 Å². The summed E-state index contributed by atoms with van der Waals surface area (Å²) in [7, 11) is 1.71. The Bertz CT molecular complexity index is 1090. The number of fused-ring (bicyclic) bond motifs is 3. The largest absolute Gasteiger partial charge is 0.343 e. The van der Waals surface area contributed by atoms with E-state index in [0.717, 1.165) is 18.8 Å². The minimum absolute atomic E-state index is 0.0766. The quantitative estimate of drug-likeness (QED) is 0.778. The first kappa shape index (κ1) is 21.9. The van der Waals surface area contributed by atoms with Crippen molar-refractivity contribution in [2.75, 3.05) is 25.0 Å². The van der Waals surface area contributed by atoms with Crippen LogP contribution in [0.3, 0.4) is 0 Å². The molecule has 1 N–H and O–H groups in total. The Morgan fingerprint density at radius 1 is 1.06 bits per heavy atom. The number of carbonyl (C=O) groups is 2. The molecule has 3 saturated heterocycles. The molecule has 0 radical (unpaired) electrons. The van der Waals surface area contributed by atoms with Gasteiger partial charge in [0.05, 0.1) is 6.54 Å². The van der Waals surface area contributed by atoms with Crippen LogP contribution in [-0.4, -0.2) is 65.3 Å². The molecule has 33 heavy (non-hydrogen) atoms. The Kier molecular flexibility index (Phi) is 5.37. The first-order valence-electron chi connectivity index (χ1n) is 11.4. The van der Waals surface area contributed by atoms with Gasteiger partial charge in [-0.05, 0) is 49.1 Å². The van der Waals surface area contributed by atoms with Gasteiger partial charge in [-0.15, -0.1) is 0 Å². The van der Waals surface area contributed by atoms with Crippen molar-refractivity contribution in [1.82, 2.24) is 20.0 Å². The maximum Gasteiger partial charge on any atom is 0.328 e. The van der Waals surface area contributed by atoms with Gasteiger partial charge in [-0.3, -0.25) is 19.9 Å². The highest BCUT2D eigenvalue weighted by molar-refractivity contribution is 6.00. The summed E-state index contributed by atoms with van der Waals surface area (Å²) < 4.78 is 14.3. The van der Waals surface area contributed by atoms with E-state index in [1.54, 1.807) is 30.1 Å². The summed E-state index contributed by atoms with van der Waals surface area (Å²) >= 11 is 0. The standard InChI is InChI=1S/C25H30FN5O2/c1-15-9-16(2)11-19(10-15)29-12-17(3)13-30-21-22(27-24(29)30)28(4)25(33)31(23(21)32)14-18-7-5-6-8-20(18)26/h5-11,17,21-22,24,27H,12-14H2,1-4H3. The lowest BCUT2D eigenvalue weighted by atomic mass is 10.0. The molecular weight excluding hydrogens is 421 g/mol. The lowest BCUT2D eigenvalue weighted by Crippen LogP contribution is -2.66. The number of likely N-dealkylation sites (N-methyl/N-ethyl adjacent to an activating group) is 1. The van der Waals surface area contributed by atoms with Gasteiger partial charge in [0.2, 0.25) is 0 Å². The van der Waals surface area contributed by atoms with Crippen LogP contribution in [-0.2, 0) is 11.3 Å². The third-order valence-corrected chi connectivity index (χ3v) is 6.91. The van der Waals surface area contributed by atoms with Crippen LogP contribution in [0.4, 0.5) is 14.9 Å². The minimum atomic E-state index is -0.527. The Morgan fingerprint density at radius 3 is 2.45 bits per heavy atom. The van der Waals surface area contributed by atoms with E-state index in [1.165, 1.54) is 22.1 Å². The van der Waals surface area contributed by atoms with Crippen LogP contribution in [0.1, 0.15) is 23.6 Å². The van der Waals surface area contributed by atoms with E-state index in [9.17, 15) is 14.0 Å². The molecule has 174 valence electrons. The summed E-state index contributed by atoms with van der Waals surface area (Å²) in [6.45, 7) is 7.86. The first-order valence-corrected chi connectivity index (χ1v) is 11.4. The molecule has 4 atom stereocenters. The van der Waals surface area contributed by atoms with Crippen molar-refractivity contribution in [2.24, 2.45) is 5.92 Å². The van der Waals surface area contributed by atoms with Crippen LogP contribution in [0.2, 0.25) is 0 Å².